The number of nitrogens with zero attached hydrogens (tertiary/aromatic N) is 1. The molecule has 0 radical (unpaired) electrons. The summed E-state index contributed by atoms with van der Waals surface area (Å²) in [5.41, 5.74) is -0.684. The van der Waals surface area contributed by atoms with Crippen LogP contribution in [0, 0.1) is 0 Å². The Morgan fingerprint density at radius 3 is 2.40 bits per heavy atom. The molecule has 1 fully saturated rings. The summed E-state index contributed by atoms with van der Waals surface area (Å²) < 4.78 is 0. The van der Waals surface area contributed by atoms with Crippen LogP contribution in [0.1, 0.15) is 40.0 Å². The maximum absolute atomic E-state index is 12.2. The molecule has 0 aromatic heterocycles. The number of likely N-dealkylation sites (N-methyl/N-ethyl adjacent to an activating group) is 1. The van der Waals surface area contributed by atoms with E-state index in [1.165, 1.54) is 0 Å². The highest BCUT2D eigenvalue weighted by atomic mass is 16.2. The summed E-state index contributed by atoms with van der Waals surface area (Å²) in [4.78, 5) is 25.5. The molecule has 1 N–H and O–H groups in total. The van der Waals surface area contributed by atoms with Crippen LogP contribution in [0.5, 0.6) is 0 Å². The molecule has 1 heterocycles. The van der Waals surface area contributed by atoms with Crippen LogP contribution in [0.25, 0.3) is 0 Å². The average Bonchev–Trinajstić information content (AvgIpc) is 2.30. The lowest BCUT2D eigenvalue weighted by Crippen LogP contribution is -2.56. The summed E-state index contributed by atoms with van der Waals surface area (Å²) in [7, 11) is 1.77. The molecule has 15 heavy (non-hydrogen) atoms. The molecule has 4 heteroatoms. The van der Waals surface area contributed by atoms with Crippen LogP contribution in [0.2, 0.25) is 0 Å². The monoisotopic (exact) mass is 212 g/mol. The number of carbonyl (C=O) groups is 2. The van der Waals surface area contributed by atoms with Gasteiger partial charge >= 0.3 is 0 Å². The fourth-order valence-corrected chi connectivity index (χ4v) is 2.04. The first-order chi connectivity index (χ1) is 6.96. The molecular formula is C11H20N2O2. The van der Waals surface area contributed by atoms with Gasteiger partial charge in [0.1, 0.15) is 5.54 Å². The third-order valence-corrected chi connectivity index (χ3v) is 3.46. The molecule has 1 aliphatic heterocycles. The van der Waals surface area contributed by atoms with E-state index in [0.717, 1.165) is 0 Å². The highest BCUT2D eigenvalue weighted by Crippen LogP contribution is 2.23. The van der Waals surface area contributed by atoms with Gasteiger partial charge in [0, 0.05) is 19.5 Å². The second kappa shape index (κ2) is 4.21. The van der Waals surface area contributed by atoms with Gasteiger partial charge in [0.05, 0.1) is 0 Å². The van der Waals surface area contributed by atoms with Crippen LogP contribution >= 0.6 is 0 Å². The van der Waals surface area contributed by atoms with E-state index >= 15 is 0 Å². The Kier molecular flexibility index (Phi) is 3.37. The van der Waals surface area contributed by atoms with Gasteiger partial charge in [-0.2, -0.15) is 0 Å². The van der Waals surface area contributed by atoms with Gasteiger partial charge in [0.15, 0.2) is 0 Å². The summed E-state index contributed by atoms with van der Waals surface area (Å²) in [5.74, 6) is 0.00903. The van der Waals surface area contributed by atoms with Gasteiger partial charge in [-0.1, -0.05) is 13.8 Å². The zero-order chi connectivity index (χ0) is 11.6. The van der Waals surface area contributed by atoms with E-state index in [-0.39, 0.29) is 17.9 Å². The number of nitrogens with one attached hydrogen (secondary N) is 1. The van der Waals surface area contributed by atoms with Gasteiger partial charge in [-0.3, -0.25) is 9.59 Å². The van der Waals surface area contributed by atoms with E-state index in [4.69, 9.17) is 0 Å². The van der Waals surface area contributed by atoms with Gasteiger partial charge in [0.25, 0.3) is 0 Å². The van der Waals surface area contributed by atoms with Crippen molar-refractivity contribution in [3.05, 3.63) is 0 Å². The van der Waals surface area contributed by atoms with Crippen LogP contribution in [-0.4, -0.2) is 35.3 Å². The van der Waals surface area contributed by atoms with Crippen molar-refractivity contribution in [3.8, 4) is 0 Å². The molecule has 0 aliphatic carbocycles. The van der Waals surface area contributed by atoms with Crippen molar-refractivity contribution in [2.45, 2.75) is 51.6 Å². The van der Waals surface area contributed by atoms with Gasteiger partial charge in [-0.15, -0.1) is 0 Å². The number of carbonyl (C=O) groups excluding carboxylic acids is 2. The smallest absolute Gasteiger partial charge is 0.248 e. The van der Waals surface area contributed by atoms with Gasteiger partial charge in [-0.25, -0.2) is 0 Å². The Morgan fingerprint density at radius 1 is 1.40 bits per heavy atom. The van der Waals surface area contributed by atoms with E-state index < -0.39 is 5.54 Å². The largest absolute Gasteiger partial charge is 0.342 e. The van der Waals surface area contributed by atoms with Gasteiger partial charge in [-0.05, 0) is 19.8 Å². The average molecular weight is 212 g/mol. The summed E-state index contributed by atoms with van der Waals surface area (Å²) in [5, 5.41) is 2.87. The molecule has 1 rings (SSSR count). The molecule has 1 unspecified atom stereocenters. The first-order valence-corrected chi connectivity index (χ1v) is 5.55. The van der Waals surface area contributed by atoms with Crippen molar-refractivity contribution in [1.29, 1.82) is 0 Å². The fraction of sp³-hybridized carbons (Fsp3) is 0.818. The quantitative estimate of drug-likeness (QED) is 0.739. The molecule has 1 saturated heterocycles. The summed E-state index contributed by atoms with van der Waals surface area (Å²) in [6, 6.07) is -0.0162. The Hall–Kier alpha value is -1.06. The molecule has 0 bridgehead atoms. The lowest BCUT2D eigenvalue weighted by atomic mass is 9.91. The van der Waals surface area contributed by atoms with Gasteiger partial charge < -0.3 is 10.2 Å². The lowest BCUT2D eigenvalue weighted by Gasteiger charge is -2.33. The number of amides is 2. The maximum Gasteiger partial charge on any atom is 0.248 e. The molecular weight excluding hydrogens is 192 g/mol. The maximum atomic E-state index is 12.2. The van der Waals surface area contributed by atoms with E-state index in [1.54, 1.807) is 11.9 Å². The van der Waals surface area contributed by atoms with Crippen molar-refractivity contribution in [2.24, 2.45) is 0 Å². The van der Waals surface area contributed by atoms with Crippen molar-refractivity contribution >= 4 is 11.8 Å². The molecule has 1 aliphatic rings. The van der Waals surface area contributed by atoms with Crippen molar-refractivity contribution in [2.75, 3.05) is 7.05 Å². The highest BCUT2D eigenvalue weighted by Gasteiger charge is 2.42. The summed E-state index contributed by atoms with van der Waals surface area (Å²) in [6.07, 6.45) is 1.68. The third-order valence-electron chi connectivity index (χ3n) is 3.46. The van der Waals surface area contributed by atoms with Crippen molar-refractivity contribution in [3.63, 3.8) is 0 Å². The topological polar surface area (TPSA) is 49.4 Å². The first kappa shape index (κ1) is 12.0. The molecule has 0 spiro atoms. The predicted octanol–water partition coefficient (Wildman–Crippen LogP) is 0.912. The van der Waals surface area contributed by atoms with E-state index in [9.17, 15) is 9.59 Å². The van der Waals surface area contributed by atoms with Crippen LogP contribution in [-0.2, 0) is 9.59 Å². The molecule has 4 nitrogen and oxygen atoms in total. The standard InChI is InChI=1S/C11H20N2O2/c1-5-11(6-2)10(15)13(4)8(3)7-9(14)12-11/h8H,5-7H2,1-4H3,(H,12,14). The number of hydrogen-bond acceptors (Lipinski definition) is 2. The van der Waals surface area contributed by atoms with Crippen LogP contribution in [0.15, 0.2) is 0 Å². The molecule has 0 saturated carbocycles. The van der Waals surface area contributed by atoms with E-state index in [0.29, 0.717) is 19.3 Å². The molecule has 86 valence electrons. The minimum absolute atomic E-state index is 0.0162. The van der Waals surface area contributed by atoms with Crippen LogP contribution in [0.4, 0.5) is 0 Å². The summed E-state index contributed by atoms with van der Waals surface area (Å²) in [6.45, 7) is 5.77. The van der Waals surface area contributed by atoms with E-state index in [2.05, 4.69) is 5.32 Å². The van der Waals surface area contributed by atoms with Gasteiger partial charge in [0.2, 0.25) is 11.8 Å². The Morgan fingerprint density at radius 2 is 1.93 bits per heavy atom. The highest BCUT2D eigenvalue weighted by molar-refractivity contribution is 5.93. The minimum Gasteiger partial charge on any atom is -0.342 e. The molecule has 0 aromatic carbocycles. The normalized spacial score (nSPS) is 26.1. The van der Waals surface area contributed by atoms with Crippen molar-refractivity contribution in [1.82, 2.24) is 10.2 Å². The Balaban J connectivity index is 3.06. The second-order valence-corrected chi connectivity index (χ2v) is 4.31. The number of rotatable bonds is 2. The fourth-order valence-electron chi connectivity index (χ4n) is 2.04. The summed E-state index contributed by atoms with van der Waals surface area (Å²) >= 11 is 0. The van der Waals surface area contributed by atoms with Crippen molar-refractivity contribution < 1.29 is 9.59 Å². The third kappa shape index (κ3) is 1.98. The van der Waals surface area contributed by atoms with E-state index in [1.807, 2.05) is 20.8 Å². The Labute approximate surface area is 91.0 Å². The lowest BCUT2D eigenvalue weighted by molar-refractivity contribution is -0.139. The zero-order valence-corrected chi connectivity index (χ0v) is 9.96. The zero-order valence-electron chi connectivity index (χ0n) is 9.96. The predicted molar refractivity (Wildman–Crippen MR) is 58.3 cm³/mol. The molecule has 0 aromatic rings. The molecule has 2 amide bonds. The van der Waals surface area contributed by atoms with Crippen LogP contribution < -0.4 is 5.32 Å². The first-order valence-electron chi connectivity index (χ1n) is 5.55. The number of hydrogen-bond donors (Lipinski definition) is 1. The Bertz CT molecular complexity index is 272. The SMILES string of the molecule is CCC1(CC)NC(=O)CC(C)N(C)C1=O. The van der Waals surface area contributed by atoms with Crippen LogP contribution in [0.3, 0.4) is 0 Å². The second-order valence-electron chi connectivity index (χ2n) is 4.31. The molecule has 1 atom stereocenters. The minimum atomic E-state index is -0.684.